The Hall–Kier alpha value is -2.77. The molecule has 8 heteroatoms. The minimum atomic E-state index is -0.598. The molecule has 128 valence electrons. The standard InChI is InChI=1S/C17H14ClN3O3S/c1-11-2-4-12(5-3-11)6-9-16(22)20-17(25)19-13-7-8-14(18)15(10-13)21(23)24/h2-10H,1H3,(H2,19,20,22,25)/b9-6+. The monoisotopic (exact) mass is 375 g/mol. The van der Waals surface area contributed by atoms with Crippen LogP contribution in [0.2, 0.25) is 5.02 Å². The van der Waals surface area contributed by atoms with Gasteiger partial charge >= 0.3 is 0 Å². The van der Waals surface area contributed by atoms with E-state index < -0.39 is 10.8 Å². The number of hydrogen-bond acceptors (Lipinski definition) is 4. The number of carbonyl (C=O) groups is 1. The average Bonchev–Trinajstić information content (AvgIpc) is 2.55. The zero-order valence-corrected chi connectivity index (χ0v) is 14.7. The Morgan fingerprint density at radius 2 is 1.92 bits per heavy atom. The molecule has 25 heavy (non-hydrogen) atoms. The van der Waals surface area contributed by atoms with Crippen LogP contribution in [-0.4, -0.2) is 15.9 Å². The average molecular weight is 376 g/mol. The first-order chi connectivity index (χ1) is 11.8. The summed E-state index contributed by atoms with van der Waals surface area (Å²) in [6.45, 7) is 1.98. The van der Waals surface area contributed by atoms with Crippen molar-refractivity contribution in [2.45, 2.75) is 6.92 Å². The molecule has 0 atom stereocenters. The molecule has 0 aromatic heterocycles. The maximum absolute atomic E-state index is 11.9. The van der Waals surface area contributed by atoms with Crippen molar-refractivity contribution in [3.63, 3.8) is 0 Å². The molecule has 0 heterocycles. The van der Waals surface area contributed by atoms with Gasteiger partial charge in [-0.1, -0.05) is 41.4 Å². The number of carbonyl (C=O) groups excluding carboxylic acids is 1. The Morgan fingerprint density at radius 1 is 1.24 bits per heavy atom. The number of nitrogens with zero attached hydrogens (tertiary/aromatic N) is 1. The summed E-state index contributed by atoms with van der Waals surface area (Å²) in [5, 5.41) is 16.1. The van der Waals surface area contributed by atoms with E-state index in [2.05, 4.69) is 10.6 Å². The van der Waals surface area contributed by atoms with E-state index in [1.807, 2.05) is 31.2 Å². The second kappa shape index (κ2) is 8.36. The SMILES string of the molecule is Cc1ccc(/C=C/C(=O)NC(=S)Nc2ccc(Cl)c([N+](=O)[O-])c2)cc1. The topological polar surface area (TPSA) is 84.3 Å². The molecule has 0 unspecified atom stereocenters. The zero-order chi connectivity index (χ0) is 18.4. The normalized spacial score (nSPS) is 10.5. The van der Waals surface area contributed by atoms with Crippen molar-refractivity contribution in [2.75, 3.05) is 5.32 Å². The maximum atomic E-state index is 11.9. The summed E-state index contributed by atoms with van der Waals surface area (Å²) in [5.41, 5.74) is 2.11. The van der Waals surface area contributed by atoms with Gasteiger partial charge in [0.05, 0.1) is 4.92 Å². The quantitative estimate of drug-likeness (QED) is 0.364. The maximum Gasteiger partial charge on any atom is 0.289 e. The first-order valence-electron chi connectivity index (χ1n) is 7.16. The van der Waals surface area contributed by atoms with Gasteiger partial charge in [0.1, 0.15) is 5.02 Å². The number of nitro benzene ring substituents is 1. The summed E-state index contributed by atoms with van der Waals surface area (Å²) in [6.07, 6.45) is 3.01. The summed E-state index contributed by atoms with van der Waals surface area (Å²) in [7, 11) is 0. The Labute approximate surface area is 154 Å². The molecule has 0 saturated carbocycles. The molecule has 0 bridgehead atoms. The molecule has 0 saturated heterocycles. The lowest BCUT2D eigenvalue weighted by Crippen LogP contribution is -2.32. The van der Waals surface area contributed by atoms with Crippen LogP contribution in [0.1, 0.15) is 11.1 Å². The number of nitro groups is 1. The van der Waals surface area contributed by atoms with Crippen LogP contribution in [0.3, 0.4) is 0 Å². The van der Waals surface area contributed by atoms with Gasteiger partial charge in [-0.05, 0) is 42.9 Å². The van der Waals surface area contributed by atoms with Crippen molar-refractivity contribution in [3.05, 3.63) is 74.8 Å². The lowest BCUT2D eigenvalue weighted by Gasteiger charge is -2.08. The highest BCUT2D eigenvalue weighted by atomic mass is 35.5. The third-order valence-corrected chi connectivity index (χ3v) is 3.67. The van der Waals surface area contributed by atoms with Crippen LogP contribution >= 0.6 is 23.8 Å². The van der Waals surface area contributed by atoms with Crippen LogP contribution in [0.4, 0.5) is 11.4 Å². The number of hydrogen-bond donors (Lipinski definition) is 2. The van der Waals surface area contributed by atoms with Gasteiger partial charge in [0, 0.05) is 17.8 Å². The van der Waals surface area contributed by atoms with Crippen LogP contribution in [0, 0.1) is 17.0 Å². The van der Waals surface area contributed by atoms with Crippen molar-refractivity contribution < 1.29 is 9.72 Å². The minimum Gasteiger partial charge on any atom is -0.332 e. The first kappa shape index (κ1) is 18.6. The first-order valence-corrected chi connectivity index (χ1v) is 7.94. The number of amides is 1. The molecule has 2 N–H and O–H groups in total. The van der Waals surface area contributed by atoms with E-state index in [1.165, 1.54) is 24.3 Å². The van der Waals surface area contributed by atoms with Gasteiger partial charge in [-0.15, -0.1) is 0 Å². The third-order valence-electron chi connectivity index (χ3n) is 3.14. The molecule has 2 rings (SSSR count). The molecular formula is C17H14ClN3O3S. The minimum absolute atomic E-state index is 0.0199. The lowest BCUT2D eigenvalue weighted by molar-refractivity contribution is -0.384. The second-order valence-corrected chi connectivity index (χ2v) is 5.93. The number of thiocarbonyl (C=S) groups is 1. The summed E-state index contributed by atoms with van der Waals surface area (Å²) in [4.78, 5) is 22.1. The highest BCUT2D eigenvalue weighted by molar-refractivity contribution is 7.80. The van der Waals surface area contributed by atoms with Crippen LogP contribution < -0.4 is 10.6 Å². The molecule has 1 amide bonds. The summed E-state index contributed by atoms with van der Waals surface area (Å²) in [5.74, 6) is -0.415. The van der Waals surface area contributed by atoms with Crippen LogP contribution in [0.5, 0.6) is 0 Å². The Balaban J connectivity index is 1.95. The van der Waals surface area contributed by atoms with E-state index in [9.17, 15) is 14.9 Å². The highest BCUT2D eigenvalue weighted by Gasteiger charge is 2.13. The van der Waals surface area contributed by atoms with Crippen molar-refractivity contribution in [1.29, 1.82) is 0 Å². The smallest absolute Gasteiger partial charge is 0.289 e. The van der Waals surface area contributed by atoms with Crippen LogP contribution in [0.15, 0.2) is 48.5 Å². The summed E-state index contributed by atoms with van der Waals surface area (Å²) < 4.78 is 0. The van der Waals surface area contributed by atoms with Crippen LogP contribution in [0.25, 0.3) is 6.08 Å². The fraction of sp³-hybridized carbons (Fsp3) is 0.0588. The summed E-state index contributed by atoms with van der Waals surface area (Å²) >= 11 is 10.8. The van der Waals surface area contributed by atoms with Gasteiger partial charge in [0.2, 0.25) is 5.91 Å². The number of nitrogens with one attached hydrogen (secondary N) is 2. The number of aryl methyl sites for hydroxylation is 1. The van der Waals surface area contributed by atoms with E-state index in [0.29, 0.717) is 5.69 Å². The van der Waals surface area contributed by atoms with Gasteiger partial charge in [-0.2, -0.15) is 0 Å². The van der Waals surface area contributed by atoms with Crippen molar-refractivity contribution in [1.82, 2.24) is 5.32 Å². The van der Waals surface area contributed by atoms with Crippen molar-refractivity contribution in [2.24, 2.45) is 0 Å². The number of benzene rings is 2. The van der Waals surface area contributed by atoms with E-state index in [-0.39, 0.29) is 15.8 Å². The van der Waals surface area contributed by atoms with E-state index in [0.717, 1.165) is 11.1 Å². The molecule has 0 aliphatic heterocycles. The number of halogens is 1. The Morgan fingerprint density at radius 3 is 2.56 bits per heavy atom. The fourth-order valence-corrected chi connectivity index (χ4v) is 2.30. The molecule has 6 nitrogen and oxygen atoms in total. The van der Waals surface area contributed by atoms with Gasteiger partial charge in [0.15, 0.2) is 5.11 Å². The third kappa shape index (κ3) is 5.66. The summed E-state index contributed by atoms with van der Waals surface area (Å²) in [6, 6.07) is 11.8. The number of rotatable bonds is 4. The lowest BCUT2D eigenvalue weighted by atomic mass is 10.1. The second-order valence-electron chi connectivity index (χ2n) is 5.11. The molecule has 2 aromatic carbocycles. The van der Waals surface area contributed by atoms with Gasteiger partial charge in [-0.3, -0.25) is 20.2 Å². The predicted octanol–water partition coefficient (Wildman–Crippen LogP) is 4.08. The fourth-order valence-electron chi connectivity index (χ4n) is 1.90. The van der Waals surface area contributed by atoms with E-state index >= 15 is 0 Å². The molecule has 0 spiro atoms. The van der Waals surface area contributed by atoms with E-state index in [4.69, 9.17) is 23.8 Å². The van der Waals surface area contributed by atoms with Gasteiger partial charge in [0.25, 0.3) is 5.69 Å². The molecule has 0 radical (unpaired) electrons. The molecule has 2 aromatic rings. The molecule has 0 aliphatic rings. The highest BCUT2D eigenvalue weighted by Crippen LogP contribution is 2.27. The van der Waals surface area contributed by atoms with E-state index in [1.54, 1.807) is 6.08 Å². The van der Waals surface area contributed by atoms with Gasteiger partial charge in [-0.25, -0.2) is 0 Å². The molecule has 0 fully saturated rings. The Kier molecular flexibility index (Phi) is 6.21. The molecule has 0 aliphatic carbocycles. The van der Waals surface area contributed by atoms with Crippen LogP contribution in [-0.2, 0) is 4.79 Å². The van der Waals surface area contributed by atoms with Crippen molar-refractivity contribution >= 4 is 52.3 Å². The zero-order valence-electron chi connectivity index (χ0n) is 13.2. The molecular weight excluding hydrogens is 362 g/mol. The Bertz CT molecular complexity index is 851. The predicted molar refractivity (Wildman–Crippen MR) is 103 cm³/mol. The number of anilines is 1. The largest absolute Gasteiger partial charge is 0.332 e. The van der Waals surface area contributed by atoms with Gasteiger partial charge < -0.3 is 5.32 Å². The van der Waals surface area contributed by atoms with Crippen molar-refractivity contribution in [3.8, 4) is 0 Å².